The molecular formula is C6H4AgClN3. The molecule has 0 unspecified atom stereocenters. The molecule has 0 fully saturated rings. The largest absolute Gasteiger partial charge is 0.152 e. The Labute approximate surface area is 84.0 Å². The molecule has 0 aliphatic carbocycles. The number of rotatable bonds is 0. The first-order valence-corrected chi connectivity index (χ1v) is 3.18. The van der Waals surface area contributed by atoms with Crippen LogP contribution in [-0.2, 0) is 22.4 Å². The van der Waals surface area contributed by atoms with Crippen molar-refractivity contribution < 1.29 is 22.4 Å². The van der Waals surface area contributed by atoms with Gasteiger partial charge in [-0.15, -0.1) is 5.10 Å². The number of nitrogens with zero attached hydrogens (tertiary/aromatic N) is 3. The van der Waals surface area contributed by atoms with E-state index in [4.69, 9.17) is 11.8 Å². The molecule has 3 nitrogen and oxygen atoms in total. The van der Waals surface area contributed by atoms with E-state index in [0.717, 1.165) is 11.0 Å². The zero-order valence-electron chi connectivity index (χ0n) is 5.33. The van der Waals surface area contributed by atoms with Crippen LogP contribution >= 0.6 is 11.8 Å². The van der Waals surface area contributed by atoms with Gasteiger partial charge < -0.3 is 0 Å². The monoisotopic (exact) mass is 260 g/mol. The van der Waals surface area contributed by atoms with Crippen molar-refractivity contribution in [2.24, 2.45) is 0 Å². The summed E-state index contributed by atoms with van der Waals surface area (Å²) in [7, 11) is 0. The van der Waals surface area contributed by atoms with Crippen LogP contribution in [0.3, 0.4) is 0 Å². The van der Waals surface area contributed by atoms with E-state index in [1.54, 1.807) is 0 Å². The molecular weight excluding hydrogens is 257 g/mol. The number of halogens is 1. The predicted molar refractivity (Wildman–Crippen MR) is 38.8 cm³/mol. The summed E-state index contributed by atoms with van der Waals surface area (Å²) in [5, 5.41) is 7.43. The number of benzene rings is 1. The maximum atomic E-state index is 5.62. The van der Waals surface area contributed by atoms with Crippen LogP contribution in [0.2, 0.25) is 0 Å². The number of aromatic nitrogens is 3. The van der Waals surface area contributed by atoms with E-state index < -0.39 is 0 Å². The Balaban J connectivity index is 0.000000605. The zero-order valence-corrected chi connectivity index (χ0v) is 7.57. The molecule has 0 atom stereocenters. The van der Waals surface area contributed by atoms with Gasteiger partial charge >= 0.3 is 0 Å². The summed E-state index contributed by atoms with van der Waals surface area (Å²) >= 11 is 5.62. The maximum absolute atomic E-state index is 5.62. The molecule has 5 heteroatoms. The Bertz CT molecular complexity index is 359. The molecule has 0 spiro atoms. The summed E-state index contributed by atoms with van der Waals surface area (Å²) in [6, 6.07) is 7.52. The van der Waals surface area contributed by atoms with E-state index in [1.807, 2.05) is 24.3 Å². The molecule has 0 N–H and O–H groups in total. The van der Waals surface area contributed by atoms with Gasteiger partial charge in [0.05, 0.1) is 0 Å². The van der Waals surface area contributed by atoms with Crippen molar-refractivity contribution >= 4 is 22.8 Å². The molecule has 61 valence electrons. The average molecular weight is 261 g/mol. The standard InChI is InChI=1S/C6H4ClN3.Ag/c7-10-6-4-2-1-3-5(6)8-9-10;/h1-4H;. The van der Waals surface area contributed by atoms with E-state index in [2.05, 4.69) is 10.3 Å². The van der Waals surface area contributed by atoms with Crippen LogP contribution in [0.1, 0.15) is 0 Å². The summed E-state index contributed by atoms with van der Waals surface area (Å²) in [4.78, 5) is 0. The van der Waals surface area contributed by atoms with E-state index in [-0.39, 0.29) is 22.4 Å². The van der Waals surface area contributed by atoms with Gasteiger partial charge in [-0.05, 0) is 17.3 Å². The van der Waals surface area contributed by atoms with Crippen molar-refractivity contribution in [3.8, 4) is 0 Å². The predicted octanol–water partition coefficient (Wildman–Crippen LogP) is 1.43. The minimum Gasteiger partial charge on any atom is -0.152 e. The minimum absolute atomic E-state index is 0. The first-order valence-electron chi connectivity index (χ1n) is 2.84. The van der Waals surface area contributed by atoms with Crippen LogP contribution < -0.4 is 0 Å². The van der Waals surface area contributed by atoms with Crippen LogP contribution in [0.4, 0.5) is 0 Å². The zero-order chi connectivity index (χ0) is 6.97. The Morgan fingerprint density at radius 3 is 2.73 bits per heavy atom. The number of fused-ring (bicyclic) bond motifs is 1. The summed E-state index contributed by atoms with van der Waals surface area (Å²) in [6.45, 7) is 0. The average Bonchev–Trinajstić information content (AvgIpc) is 2.34. The van der Waals surface area contributed by atoms with Gasteiger partial charge in [0.2, 0.25) is 0 Å². The van der Waals surface area contributed by atoms with E-state index >= 15 is 0 Å². The fourth-order valence-corrected chi connectivity index (χ4v) is 1.02. The van der Waals surface area contributed by atoms with Gasteiger partial charge in [0.15, 0.2) is 0 Å². The van der Waals surface area contributed by atoms with Gasteiger partial charge in [-0.1, -0.05) is 12.1 Å². The third kappa shape index (κ3) is 1.46. The molecule has 1 radical (unpaired) electrons. The summed E-state index contributed by atoms with van der Waals surface area (Å²) < 4.78 is 1.23. The van der Waals surface area contributed by atoms with Crippen molar-refractivity contribution in [2.75, 3.05) is 0 Å². The van der Waals surface area contributed by atoms with Gasteiger partial charge in [0.25, 0.3) is 0 Å². The molecule has 0 bridgehead atoms. The molecule has 11 heavy (non-hydrogen) atoms. The SMILES string of the molecule is Cln1nnc2ccccc21.[Ag]. The van der Waals surface area contributed by atoms with Crippen molar-refractivity contribution in [1.82, 2.24) is 14.5 Å². The molecule has 0 saturated carbocycles. The second-order valence-corrected chi connectivity index (χ2v) is 2.26. The Hall–Kier alpha value is -0.350. The quantitative estimate of drug-likeness (QED) is 0.672. The number of hydrogen-bond acceptors (Lipinski definition) is 2. The summed E-state index contributed by atoms with van der Waals surface area (Å²) in [5.41, 5.74) is 1.65. The van der Waals surface area contributed by atoms with Crippen molar-refractivity contribution in [2.45, 2.75) is 0 Å². The van der Waals surface area contributed by atoms with Gasteiger partial charge in [-0.25, -0.2) is 0 Å². The molecule has 0 amide bonds. The molecule has 0 aliphatic rings. The topological polar surface area (TPSA) is 30.7 Å². The summed E-state index contributed by atoms with van der Waals surface area (Å²) in [5.74, 6) is 0. The van der Waals surface area contributed by atoms with Crippen molar-refractivity contribution in [3.05, 3.63) is 24.3 Å². The third-order valence-corrected chi connectivity index (χ3v) is 1.56. The fraction of sp³-hybridized carbons (Fsp3) is 0. The first-order chi connectivity index (χ1) is 4.88. The Morgan fingerprint density at radius 1 is 1.27 bits per heavy atom. The molecule has 1 heterocycles. The van der Waals surface area contributed by atoms with Crippen LogP contribution in [0, 0.1) is 0 Å². The minimum atomic E-state index is 0. The molecule has 2 rings (SSSR count). The van der Waals surface area contributed by atoms with Crippen LogP contribution in [0.15, 0.2) is 24.3 Å². The van der Waals surface area contributed by atoms with Crippen molar-refractivity contribution in [3.63, 3.8) is 0 Å². The number of para-hydroxylation sites is 1. The molecule has 0 saturated heterocycles. The maximum Gasteiger partial charge on any atom is 0.114 e. The van der Waals surface area contributed by atoms with Gasteiger partial charge in [-0.2, -0.15) is 4.20 Å². The van der Waals surface area contributed by atoms with Crippen molar-refractivity contribution in [1.29, 1.82) is 0 Å². The Morgan fingerprint density at radius 2 is 2.00 bits per heavy atom. The normalized spacial score (nSPS) is 9.55. The second-order valence-electron chi connectivity index (χ2n) is 1.94. The second kappa shape index (κ2) is 3.36. The van der Waals surface area contributed by atoms with E-state index in [9.17, 15) is 0 Å². The van der Waals surface area contributed by atoms with Crippen LogP contribution in [0.25, 0.3) is 11.0 Å². The van der Waals surface area contributed by atoms with Crippen LogP contribution in [0.5, 0.6) is 0 Å². The smallest absolute Gasteiger partial charge is 0.114 e. The first kappa shape index (κ1) is 8.74. The van der Waals surface area contributed by atoms with Gasteiger partial charge in [0, 0.05) is 34.2 Å². The third-order valence-electron chi connectivity index (χ3n) is 1.31. The van der Waals surface area contributed by atoms with Gasteiger partial charge in [0.1, 0.15) is 11.0 Å². The molecule has 1 aromatic carbocycles. The Kier molecular flexibility index (Phi) is 2.67. The molecule has 0 aliphatic heterocycles. The van der Waals surface area contributed by atoms with E-state index in [0.29, 0.717) is 0 Å². The summed E-state index contributed by atoms with van der Waals surface area (Å²) in [6.07, 6.45) is 0. The fourth-order valence-electron chi connectivity index (χ4n) is 0.840. The van der Waals surface area contributed by atoms with Crippen LogP contribution in [-0.4, -0.2) is 14.5 Å². The van der Waals surface area contributed by atoms with Gasteiger partial charge in [-0.3, -0.25) is 0 Å². The van der Waals surface area contributed by atoms with E-state index in [1.165, 1.54) is 4.20 Å². The molecule has 2 aromatic rings. The number of hydrogen-bond donors (Lipinski definition) is 0. The molecule has 1 aromatic heterocycles.